The maximum atomic E-state index is 13.5. The number of nitrogens with zero attached hydrogens (tertiary/aromatic N) is 1. The standard InChI is InChI=1S/C14H10ClFN2S/c1-8-2-4-10(16)7-12(8)18-13-6-9(15)3-5-11(13)17-14(18)19/h2-7H,1H3,(H,17,19). The Morgan fingerprint density at radius 1 is 1.21 bits per heavy atom. The molecule has 0 atom stereocenters. The fourth-order valence-electron chi connectivity index (χ4n) is 2.14. The van der Waals surface area contributed by atoms with Gasteiger partial charge in [-0.05, 0) is 55.0 Å². The van der Waals surface area contributed by atoms with Crippen molar-refractivity contribution in [1.29, 1.82) is 0 Å². The highest BCUT2D eigenvalue weighted by Gasteiger charge is 2.10. The number of hydrogen-bond donors (Lipinski definition) is 1. The van der Waals surface area contributed by atoms with Crippen molar-refractivity contribution >= 4 is 34.9 Å². The van der Waals surface area contributed by atoms with Crippen LogP contribution < -0.4 is 0 Å². The lowest BCUT2D eigenvalue weighted by atomic mass is 10.2. The van der Waals surface area contributed by atoms with Crippen molar-refractivity contribution < 1.29 is 4.39 Å². The predicted molar refractivity (Wildman–Crippen MR) is 78.2 cm³/mol. The first-order valence-electron chi connectivity index (χ1n) is 5.73. The van der Waals surface area contributed by atoms with Gasteiger partial charge < -0.3 is 4.98 Å². The molecule has 0 fully saturated rings. The number of aryl methyl sites for hydroxylation is 1. The summed E-state index contributed by atoms with van der Waals surface area (Å²) in [6.45, 7) is 1.92. The predicted octanol–water partition coefficient (Wildman–Crippen LogP) is 4.79. The Morgan fingerprint density at radius 3 is 2.79 bits per heavy atom. The van der Waals surface area contributed by atoms with Crippen molar-refractivity contribution in [3.63, 3.8) is 0 Å². The summed E-state index contributed by atoms with van der Waals surface area (Å²) in [6, 6.07) is 10.1. The molecule has 0 amide bonds. The van der Waals surface area contributed by atoms with E-state index in [1.54, 1.807) is 16.7 Å². The Hall–Kier alpha value is -1.65. The second-order valence-electron chi connectivity index (χ2n) is 4.36. The quantitative estimate of drug-likeness (QED) is 0.640. The van der Waals surface area contributed by atoms with Crippen LogP contribution in [0.3, 0.4) is 0 Å². The van der Waals surface area contributed by atoms with Gasteiger partial charge in [-0.3, -0.25) is 4.57 Å². The van der Waals surface area contributed by atoms with Crippen molar-refractivity contribution in [1.82, 2.24) is 9.55 Å². The molecule has 5 heteroatoms. The summed E-state index contributed by atoms with van der Waals surface area (Å²) in [5.41, 5.74) is 3.38. The fourth-order valence-corrected chi connectivity index (χ4v) is 2.61. The summed E-state index contributed by atoms with van der Waals surface area (Å²) in [5.74, 6) is -0.293. The second kappa shape index (κ2) is 4.47. The molecule has 0 saturated carbocycles. The Bertz CT molecular complexity index is 835. The largest absolute Gasteiger partial charge is 0.330 e. The third kappa shape index (κ3) is 2.07. The summed E-state index contributed by atoms with van der Waals surface area (Å²) in [6.07, 6.45) is 0. The lowest BCUT2D eigenvalue weighted by Crippen LogP contribution is -1.98. The van der Waals surface area contributed by atoms with Crippen molar-refractivity contribution in [2.45, 2.75) is 6.92 Å². The minimum atomic E-state index is -0.293. The molecule has 3 rings (SSSR count). The molecular formula is C14H10ClFN2S. The van der Waals surface area contributed by atoms with E-state index in [1.807, 2.05) is 19.1 Å². The zero-order chi connectivity index (χ0) is 13.6. The van der Waals surface area contributed by atoms with Crippen LogP contribution in [-0.2, 0) is 0 Å². The number of imidazole rings is 1. The van der Waals surface area contributed by atoms with Crippen LogP contribution in [0.1, 0.15) is 5.56 Å². The topological polar surface area (TPSA) is 20.7 Å². The van der Waals surface area contributed by atoms with Gasteiger partial charge in [0.15, 0.2) is 4.77 Å². The van der Waals surface area contributed by atoms with E-state index in [9.17, 15) is 4.39 Å². The highest BCUT2D eigenvalue weighted by atomic mass is 35.5. The van der Waals surface area contributed by atoms with Gasteiger partial charge in [-0.15, -0.1) is 0 Å². The van der Waals surface area contributed by atoms with E-state index in [0.29, 0.717) is 9.79 Å². The molecule has 1 aromatic heterocycles. The maximum absolute atomic E-state index is 13.5. The number of benzene rings is 2. The van der Waals surface area contributed by atoms with Gasteiger partial charge in [0.1, 0.15) is 5.82 Å². The molecule has 0 radical (unpaired) electrons. The zero-order valence-electron chi connectivity index (χ0n) is 10.1. The Labute approximate surface area is 119 Å². The highest BCUT2D eigenvalue weighted by molar-refractivity contribution is 7.71. The van der Waals surface area contributed by atoms with Gasteiger partial charge in [-0.25, -0.2) is 4.39 Å². The second-order valence-corrected chi connectivity index (χ2v) is 5.18. The molecular weight excluding hydrogens is 283 g/mol. The minimum absolute atomic E-state index is 0.293. The van der Waals surface area contributed by atoms with Crippen LogP contribution in [0.15, 0.2) is 36.4 Å². The molecule has 0 unspecified atom stereocenters. The van der Waals surface area contributed by atoms with E-state index >= 15 is 0 Å². The lowest BCUT2D eigenvalue weighted by molar-refractivity contribution is 0.626. The SMILES string of the molecule is Cc1ccc(F)cc1-n1c(=S)[nH]c2ccc(Cl)cc21. The van der Waals surface area contributed by atoms with Crippen LogP contribution in [0.4, 0.5) is 4.39 Å². The van der Waals surface area contributed by atoms with Gasteiger partial charge >= 0.3 is 0 Å². The molecule has 1 N–H and O–H groups in total. The number of aromatic amines is 1. The number of halogens is 2. The van der Waals surface area contributed by atoms with Crippen LogP contribution in [-0.4, -0.2) is 9.55 Å². The Morgan fingerprint density at radius 2 is 2.00 bits per heavy atom. The van der Waals surface area contributed by atoms with Crippen LogP contribution in [0.2, 0.25) is 5.02 Å². The first kappa shape index (κ1) is 12.4. The average Bonchev–Trinajstić information content (AvgIpc) is 2.68. The van der Waals surface area contributed by atoms with Gasteiger partial charge in [0, 0.05) is 5.02 Å². The van der Waals surface area contributed by atoms with Gasteiger partial charge in [0.2, 0.25) is 0 Å². The number of aromatic nitrogens is 2. The van der Waals surface area contributed by atoms with Crippen LogP contribution in [0, 0.1) is 17.5 Å². The summed E-state index contributed by atoms with van der Waals surface area (Å²) in [5, 5.41) is 0.615. The number of nitrogens with one attached hydrogen (secondary N) is 1. The third-order valence-electron chi connectivity index (χ3n) is 3.06. The first-order valence-corrected chi connectivity index (χ1v) is 6.52. The lowest BCUT2D eigenvalue weighted by Gasteiger charge is -2.08. The van der Waals surface area contributed by atoms with Crippen LogP contribution in [0.5, 0.6) is 0 Å². The van der Waals surface area contributed by atoms with Gasteiger partial charge in [0.25, 0.3) is 0 Å². The number of fused-ring (bicyclic) bond motifs is 1. The summed E-state index contributed by atoms with van der Waals surface area (Å²) in [7, 11) is 0. The Kier molecular flexibility index (Phi) is 2.92. The number of H-pyrrole nitrogens is 1. The highest BCUT2D eigenvalue weighted by Crippen LogP contribution is 2.25. The van der Waals surface area contributed by atoms with E-state index in [2.05, 4.69) is 4.98 Å². The first-order chi connectivity index (χ1) is 9.06. The summed E-state index contributed by atoms with van der Waals surface area (Å²) >= 11 is 11.3. The molecule has 19 heavy (non-hydrogen) atoms. The van der Waals surface area contributed by atoms with E-state index < -0.39 is 0 Å². The Balaban J connectivity index is 2.42. The summed E-state index contributed by atoms with van der Waals surface area (Å²) < 4.78 is 15.8. The zero-order valence-corrected chi connectivity index (χ0v) is 11.6. The molecule has 0 spiro atoms. The maximum Gasteiger partial charge on any atom is 0.182 e. The molecule has 3 aromatic rings. The van der Waals surface area contributed by atoms with E-state index in [-0.39, 0.29) is 5.82 Å². The monoisotopic (exact) mass is 292 g/mol. The van der Waals surface area contributed by atoms with Crippen molar-refractivity contribution in [3.05, 3.63) is 57.6 Å². The molecule has 2 aromatic carbocycles. The van der Waals surface area contributed by atoms with E-state index in [4.69, 9.17) is 23.8 Å². The van der Waals surface area contributed by atoms with Gasteiger partial charge in [0.05, 0.1) is 16.7 Å². The molecule has 0 aliphatic rings. The normalized spacial score (nSPS) is 11.1. The van der Waals surface area contributed by atoms with E-state index in [1.165, 1.54) is 12.1 Å². The van der Waals surface area contributed by atoms with Gasteiger partial charge in [-0.1, -0.05) is 17.7 Å². The smallest absolute Gasteiger partial charge is 0.182 e. The molecule has 0 aliphatic heterocycles. The van der Waals surface area contributed by atoms with Crippen molar-refractivity contribution in [2.75, 3.05) is 0 Å². The van der Waals surface area contributed by atoms with Crippen molar-refractivity contribution in [2.24, 2.45) is 0 Å². The summed E-state index contributed by atoms with van der Waals surface area (Å²) in [4.78, 5) is 3.10. The van der Waals surface area contributed by atoms with Crippen molar-refractivity contribution in [3.8, 4) is 5.69 Å². The number of rotatable bonds is 1. The molecule has 96 valence electrons. The third-order valence-corrected chi connectivity index (χ3v) is 3.58. The molecule has 0 saturated heterocycles. The number of hydrogen-bond acceptors (Lipinski definition) is 1. The molecule has 2 nitrogen and oxygen atoms in total. The average molecular weight is 293 g/mol. The fraction of sp³-hybridized carbons (Fsp3) is 0.0714. The van der Waals surface area contributed by atoms with Crippen LogP contribution >= 0.6 is 23.8 Å². The molecule has 1 heterocycles. The van der Waals surface area contributed by atoms with E-state index in [0.717, 1.165) is 22.3 Å². The minimum Gasteiger partial charge on any atom is -0.330 e. The molecule has 0 bridgehead atoms. The molecule has 0 aliphatic carbocycles. The van der Waals surface area contributed by atoms with Crippen LogP contribution in [0.25, 0.3) is 16.7 Å². The van der Waals surface area contributed by atoms with Gasteiger partial charge in [-0.2, -0.15) is 0 Å².